The maximum absolute atomic E-state index is 13.8. The zero-order valence-electron chi connectivity index (χ0n) is 10.9. The lowest BCUT2D eigenvalue weighted by Gasteiger charge is -2.08. The van der Waals surface area contributed by atoms with E-state index in [0.717, 1.165) is 16.9 Å². The summed E-state index contributed by atoms with van der Waals surface area (Å²) in [4.78, 5) is 4.40. The number of fused-ring (bicyclic) bond motifs is 1. The Bertz CT molecular complexity index is 722. The third-order valence-corrected chi connectivity index (χ3v) is 3.50. The minimum Gasteiger partial charge on any atom is -0.323 e. The van der Waals surface area contributed by atoms with Crippen molar-refractivity contribution in [2.24, 2.45) is 0 Å². The number of halogens is 2. The maximum Gasteiger partial charge on any atom is 0.151 e. The second-order valence-electron chi connectivity index (χ2n) is 4.65. The van der Waals surface area contributed by atoms with E-state index in [0.29, 0.717) is 24.4 Å². The normalized spacial score (nSPS) is 11.1. The molecule has 0 N–H and O–H groups in total. The number of aryl methyl sites for hydroxylation is 1. The average molecular weight is 289 g/mol. The molecule has 4 heteroatoms. The van der Waals surface area contributed by atoms with Gasteiger partial charge in [0.25, 0.3) is 0 Å². The third-order valence-electron chi connectivity index (χ3n) is 3.31. The highest BCUT2D eigenvalue weighted by Gasteiger charge is 2.13. The molecular weight excluding hydrogens is 275 g/mol. The van der Waals surface area contributed by atoms with Gasteiger partial charge in [-0.1, -0.05) is 36.4 Å². The number of rotatable bonds is 4. The number of aromatic nitrogens is 2. The largest absolute Gasteiger partial charge is 0.323 e. The summed E-state index contributed by atoms with van der Waals surface area (Å²) < 4.78 is 15.9. The van der Waals surface area contributed by atoms with Gasteiger partial charge in [-0.25, -0.2) is 9.37 Å². The van der Waals surface area contributed by atoms with E-state index >= 15 is 0 Å². The molecule has 102 valence electrons. The van der Waals surface area contributed by atoms with Crippen molar-refractivity contribution in [2.45, 2.75) is 13.0 Å². The molecule has 0 saturated carbocycles. The van der Waals surface area contributed by atoms with Gasteiger partial charge in [-0.15, -0.1) is 11.6 Å². The summed E-state index contributed by atoms with van der Waals surface area (Å²) in [7, 11) is 0. The summed E-state index contributed by atoms with van der Waals surface area (Å²) in [6.07, 6.45) is 0.627. The van der Waals surface area contributed by atoms with Gasteiger partial charge in [0.05, 0.1) is 5.52 Å². The Labute approximate surface area is 121 Å². The zero-order valence-corrected chi connectivity index (χ0v) is 11.6. The van der Waals surface area contributed by atoms with Crippen LogP contribution in [0, 0.1) is 5.82 Å². The highest BCUT2D eigenvalue weighted by Crippen LogP contribution is 2.21. The van der Waals surface area contributed by atoms with Crippen LogP contribution in [-0.4, -0.2) is 15.4 Å². The molecule has 0 radical (unpaired) electrons. The lowest BCUT2D eigenvalue weighted by molar-refractivity contribution is 0.637. The molecule has 20 heavy (non-hydrogen) atoms. The van der Waals surface area contributed by atoms with E-state index in [2.05, 4.69) is 17.1 Å². The first kappa shape index (κ1) is 13.1. The van der Waals surface area contributed by atoms with Gasteiger partial charge >= 0.3 is 0 Å². The highest BCUT2D eigenvalue weighted by molar-refractivity contribution is 6.17. The predicted octanol–water partition coefficient (Wildman–Crippen LogP) is 4.01. The lowest BCUT2D eigenvalue weighted by Crippen LogP contribution is -2.05. The van der Waals surface area contributed by atoms with Crippen LogP contribution in [0.2, 0.25) is 0 Å². The molecule has 0 bridgehead atoms. The van der Waals surface area contributed by atoms with Crippen molar-refractivity contribution in [2.75, 3.05) is 5.88 Å². The number of imidazole rings is 1. The number of alkyl halides is 1. The third kappa shape index (κ3) is 2.41. The summed E-state index contributed by atoms with van der Waals surface area (Å²) in [6, 6.07) is 15.1. The molecular formula is C16H14ClFN2. The van der Waals surface area contributed by atoms with Crippen molar-refractivity contribution in [3.05, 3.63) is 65.7 Å². The Morgan fingerprint density at radius 2 is 1.85 bits per heavy atom. The molecule has 0 unspecified atom stereocenters. The van der Waals surface area contributed by atoms with Crippen molar-refractivity contribution in [1.82, 2.24) is 9.55 Å². The topological polar surface area (TPSA) is 17.8 Å². The van der Waals surface area contributed by atoms with Crippen LogP contribution in [0.4, 0.5) is 4.39 Å². The summed E-state index contributed by atoms with van der Waals surface area (Å²) >= 11 is 5.83. The van der Waals surface area contributed by atoms with E-state index in [9.17, 15) is 4.39 Å². The molecule has 0 amide bonds. The van der Waals surface area contributed by atoms with Gasteiger partial charge in [-0.05, 0) is 17.7 Å². The summed E-state index contributed by atoms with van der Waals surface area (Å²) in [5.74, 6) is 1.01. The van der Waals surface area contributed by atoms with Crippen LogP contribution in [0.25, 0.3) is 11.0 Å². The van der Waals surface area contributed by atoms with Gasteiger partial charge in [0, 0.05) is 18.8 Å². The molecule has 0 spiro atoms. The molecule has 1 heterocycles. The fourth-order valence-electron chi connectivity index (χ4n) is 2.38. The van der Waals surface area contributed by atoms with Crippen LogP contribution < -0.4 is 0 Å². The van der Waals surface area contributed by atoms with Gasteiger partial charge in [0.15, 0.2) is 5.82 Å². The van der Waals surface area contributed by atoms with Crippen molar-refractivity contribution < 1.29 is 4.39 Å². The summed E-state index contributed by atoms with van der Waals surface area (Å²) in [5.41, 5.74) is 2.39. The van der Waals surface area contributed by atoms with Gasteiger partial charge in [0.2, 0.25) is 0 Å². The first-order chi connectivity index (χ1) is 9.79. The average Bonchev–Trinajstić information content (AvgIpc) is 2.81. The fraction of sp³-hybridized carbons (Fsp3) is 0.188. The number of hydrogen-bond donors (Lipinski definition) is 0. The quantitative estimate of drug-likeness (QED) is 0.663. The van der Waals surface area contributed by atoms with Gasteiger partial charge in [-0.3, -0.25) is 0 Å². The number of para-hydroxylation sites is 1. The number of benzene rings is 2. The standard InChI is InChI=1S/C16H14ClFN2/c17-10-9-15-19-16-13(18)7-4-8-14(16)20(15)11-12-5-2-1-3-6-12/h1-8H,9-11H2. The highest BCUT2D eigenvalue weighted by atomic mass is 35.5. The SMILES string of the molecule is Fc1cccc2c1nc(CCCl)n2Cc1ccccc1. The predicted molar refractivity (Wildman–Crippen MR) is 79.7 cm³/mol. The molecule has 3 rings (SSSR count). The fourth-order valence-corrected chi connectivity index (χ4v) is 2.55. The Balaban J connectivity index is 2.12. The first-order valence-corrected chi connectivity index (χ1v) is 7.06. The van der Waals surface area contributed by atoms with Crippen LogP contribution in [0.5, 0.6) is 0 Å². The summed E-state index contributed by atoms with van der Waals surface area (Å²) in [5, 5.41) is 0. The molecule has 2 nitrogen and oxygen atoms in total. The van der Waals surface area contributed by atoms with E-state index in [4.69, 9.17) is 11.6 Å². The summed E-state index contributed by atoms with van der Waals surface area (Å²) in [6.45, 7) is 0.674. The number of hydrogen-bond acceptors (Lipinski definition) is 1. The Kier molecular flexibility index (Phi) is 3.70. The van der Waals surface area contributed by atoms with Gasteiger partial charge < -0.3 is 4.57 Å². The van der Waals surface area contributed by atoms with Gasteiger partial charge in [0.1, 0.15) is 11.3 Å². The first-order valence-electron chi connectivity index (χ1n) is 6.53. The number of nitrogens with zero attached hydrogens (tertiary/aromatic N) is 2. The van der Waals surface area contributed by atoms with Crippen LogP contribution >= 0.6 is 11.6 Å². The van der Waals surface area contributed by atoms with Crippen LogP contribution in [0.1, 0.15) is 11.4 Å². The van der Waals surface area contributed by atoms with E-state index in [1.54, 1.807) is 6.07 Å². The monoisotopic (exact) mass is 288 g/mol. The molecule has 0 aliphatic rings. The van der Waals surface area contributed by atoms with E-state index in [1.165, 1.54) is 6.07 Å². The lowest BCUT2D eigenvalue weighted by atomic mass is 10.2. The van der Waals surface area contributed by atoms with E-state index in [1.807, 2.05) is 28.8 Å². The minimum absolute atomic E-state index is 0.287. The molecule has 0 saturated heterocycles. The van der Waals surface area contributed by atoms with Crippen LogP contribution in [0.15, 0.2) is 48.5 Å². The Morgan fingerprint density at radius 1 is 1.05 bits per heavy atom. The molecule has 1 aromatic heterocycles. The van der Waals surface area contributed by atoms with E-state index < -0.39 is 0 Å². The molecule has 0 atom stereocenters. The van der Waals surface area contributed by atoms with Crippen molar-refractivity contribution >= 4 is 22.6 Å². The molecule has 3 aromatic rings. The Hall–Kier alpha value is -1.87. The van der Waals surface area contributed by atoms with Crippen LogP contribution in [0.3, 0.4) is 0 Å². The molecule has 0 aliphatic carbocycles. The smallest absolute Gasteiger partial charge is 0.151 e. The molecule has 2 aromatic carbocycles. The second-order valence-corrected chi connectivity index (χ2v) is 5.02. The van der Waals surface area contributed by atoms with Crippen molar-refractivity contribution in [1.29, 1.82) is 0 Å². The van der Waals surface area contributed by atoms with Crippen molar-refractivity contribution in [3.63, 3.8) is 0 Å². The zero-order chi connectivity index (χ0) is 13.9. The van der Waals surface area contributed by atoms with Crippen LogP contribution in [-0.2, 0) is 13.0 Å². The second kappa shape index (κ2) is 5.63. The van der Waals surface area contributed by atoms with Gasteiger partial charge in [-0.2, -0.15) is 0 Å². The minimum atomic E-state index is -0.287. The van der Waals surface area contributed by atoms with Crippen molar-refractivity contribution in [3.8, 4) is 0 Å². The van der Waals surface area contributed by atoms with E-state index in [-0.39, 0.29) is 5.82 Å². The maximum atomic E-state index is 13.8. The Morgan fingerprint density at radius 3 is 2.60 bits per heavy atom. The molecule has 0 fully saturated rings. The molecule has 0 aliphatic heterocycles.